The Balaban J connectivity index is 1.65. The number of nitrogens with one attached hydrogen (secondary N) is 1. The van der Waals surface area contributed by atoms with Crippen LogP contribution in [0.3, 0.4) is 0 Å². The molecule has 0 saturated carbocycles. The van der Waals surface area contributed by atoms with Gasteiger partial charge < -0.3 is 10.2 Å². The SMILES string of the molecule is CNc1ncccc1CN1CCC2C(CCCN2C)C1. The lowest BCUT2D eigenvalue weighted by atomic mass is 9.84. The number of piperidine rings is 2. The summed E-state index contributed by atoms with van der Waals surface area (Å²) < 4.78 is 0. The van der Waals surface area contributed by atoms with Crippen molar-refractivity contribution in [2.45, 2.75) is 31.8 Å². The Bertz CT molecular complexity index is 448. The van der Waals surface area contributed by atoms with Crippen molar-refractivity contribution in [3.05, 3.63) is 23.9 Å². The van der Waals surface area contributed by atoms with Gasteiger partial charge in [-0.1, -0.05) is 6.07 Å². The average molecular weight is 274 g/mol. The van der Waals surface area contributed by atoms with Gasteiger partial charge in [0, 0.05) is 37.9 Å². The quantitative estimate of drug-likeness (QED) is 0.914. The molecule has 0 spiro atoms. The minimum absolute atomic E-state index is 0.817. The number of pyridine rings is 1. The Morgan fingerprint density at radius 2 is 2.25 bits per heavy atom. The van der Waals surface area contributed by atoms with E-state index in [1.165, 1.54) is 44.5 Å². The molecule has 0 aromatic carbocycles. The Morgan fingerprint density at radius 3 is 3.10 bits per heavy atom. The van der Waals surface area contributed by atoms with Gasteiger partial charge in [0.2, 0.25) is 0 Å². The van der Waals surface area contributed by atoms with E-state index in [2.05, 4.69) is 33.2 Å². The lowest BCUT2D eigenvalue weighted by Gasteiger charge is -2.46. The fourth-order valence-corrected chi connectivity index (χ4v) is 3.90. The third-order valence-electron chi connectivity index (χ3n) is 4.95. The summed E-state index contributed by atoms with van der Waals surface area (Å²) in [6.45, 7) is 4.77. The minimum atomic E-state index is 0.817. The van der Waals surface area contributed by atoms with Crippen molar-refractivity contribution in [1.29, 1.82) is 0 Å². The highest BCUT2D eigenvalue weighted by atomic mass is 15.2. The van der Waals surface area contributed by atoms with Gasteiger partial charge in [0.15, 0.2) is 0 Å². The van der Waals surface area contributed by atoms with Gasteiger partial charge in [-0.15, -0.1) is 0 Å². The van der Waals surface area contributed by atoms with E-state index in [1.54, 1.807) is 0 Å². The Morgan fingerprint density at radius 1 is 1.35 bits per heavy atom. The van der Waals surface area contributed by atoms with Crippen LogP contribution in [0.2, 0.25) is 0 Å². The maximum absolute atomic E-state index is 4.41. The van der Waals surface area contributed by atoms with Crippen LogP contribution in [0, 0.1) is 5.92 Å². The molecular weight excluding hydrogens is 248 g/mol. The molecular formula is C16H26N4. The second kappa shape index (κ2) is 6.10. The smallest absolute Gasteiger partial charge is 0.130 e. The minimum Gasteiger partial charge on any atom is -0.373 e. The molecule has 1 aromatic heterocycles. The molecule has 3 heterocycles. The molecule has 0 amide bonds. The Labute approximate surface area is 122 Å². The lowest BCUT2D eigenvalue weighted by Crippen LogP contribution is -2.52. The largest absolute Gasteiger partial charge is 0.373 e. The molecule has 0 bridgehead atoms. The summed E-state index contributed by atoms with van der Waals surface area (Å²) in [5, 5.41) is 3.20. The van der Waals surface area contributed by atoms with E-state index < -0.39 is 0 Å². The van der Waals surface area contributed by atoms with Crippen LogP contribution in [0.15, 0.2) is 18.3 Å². The Hall–Kier alpha value is -1.13. The molecule has 1 aromatic rings. The van der Waals surface area contributed by atoms with Gasteiger partial charge in [0.05, 0.1) is 0 Å². The average Bonchev–Trinajstić information content (AvgIpc) is 2.48. The zero-order valence-electron chi connectivity index (χ0n) is 12.7. The highest BCUT2D eigenvalue weighted by Crippen LogP contribution is 2.30. The van der Waals surface area contributed by atoms with Gasteiger partial charge in [-0.3, -0.25) is 4.90 Å². The van der Waals surface area contributed by atoms with Gasteiger partial charge in [0.1, 0.15) is 5.82 Å². The maximum atomic E-state index is 4.41. The van der Waals surface area contributed by atoms with E-state index in [9.17, 15) is 0 Å². The first kappa shape index (κ1) is 13.8. The highest BCUT2D eigenvalue weighted by Gasteiger charge is 2.34. The van der Waals surface area contributed by atoms with Crippen LogP contribution in [0.1, 0.15) is 24.8 Å². The number of anilines is 1. The van der Waals surface area contributed by atoms with Gasteiger partial charge in [-0.2, -0.15) is 0 Å². The van der Waals surface area contributed by atoms with Crippen LogP contribution in [-0.2, 0) is 6.54 Å². The van der Waals surface area contributed by atoms with Crippen molar-refractivity contribution in [3.63, 3.8) is 0 Å². The fourth-order valence-electron chi connectivity index (χ4n) is 3.90. The van der Waals surface area contributed by atoms with E-state index in [0.717, 1.165) is 24.3 Å². The molecule has 4 nitrogen and oxygen atoms in total. The van der Waals surface area contributed by atoms with E-state index in [4.69, 9.17) is 0 Å². The summed E-state index contributed by atoms with van der Waals surface area (Å²) in [6.07, 6.45) is 5.94. The molecule has 4 heteroatoms. The number of nitrogens with zero attached hydrogens (tertiary/aromatic N) is 3. The first-order valence-electron chi connectivity index (χ1n) is 7.82. The second-order valence-electron chi connectivity index (χ2n) is 6.24. The van der Waals surface area contributed by atoms with Crippen molar-refractivity contribution in [2.24, 2.45) is 5.92 Å². The van der Waals surface area contributed by atoms with Crippen LogP contribution in [0.5, 0.6) is 0 Å². The monoisotopic (exact) mass is 274 g/mol. The predicted octanol–water partition coefficient (Wildman–Crippen LogP) is 2.04. The first-order valence-corrected chi connectivity index (χ1v) is 7.82. The topological polar surface area (TPSA) is 31.4 Å². The molecule has 2 atom stereocenters. The molecule has 2 saturated heterocycles. The number of rotatable bonds is 3. The van der Waals surface area contributed by atoms with E-state index in [1.807, 2.05) is 19.3 Å². The van der Waals surface area contributed by atoms with Crippen LogP contribution in [0.25, 0.3) is 0 Å². The van der Waals surface area contributed by atoms with Crippen molar-refractivity contribution in [1.82, 2.24) is 14.8 Å². The van der Waals surface area contributed by atoms with Crippen LogP contribution >= 0.6 is 0 Å². The van der Waals surface area contributed by atoms with Gasteiger partial charge in [-0.05, 0) is 51.4 Å². The van der Waals surface area contributed by atoms with Crippen molar-refractivity contribution in [2.75, 3.05) is 39.0 Å². The van der Waals surface area contributed by atoms with Crippen LogP contribution in [0.4, 0.5) is 5.82 Å². The van der Waals surface area contributed by atoms with Gasteiger partial charge in [0.25, 0.3) is 0 Å². The highest BCUT2D eigenvalue weighted by molar-refractivity contribution is 5.42. The zero-order valence-corrected chi connectivity index (χ0v) is 12.7. The third-order valence-corrected chi connectivity index (χ3v) is 4.95. The number of hydrogen-bond acceptors (Lipinski definition) is 4. The summed E-state index contributed by atoms with van der Waals surface area (Å²) in [5.41, 5.74) is 1.32. The van der Waals surface area contributed by atoms with Gasteiger partial charge >= 0.3 is 0 Å². The molecule has 20 heavy (non-hydrogen) atoms. The molecule has 0 aliphatic carbocycles. The summed E-state index contributed by atoms with van der Waals surface area (Å²) in [6, 6.07) is 5.05. The van der Waals surface area contributed by atoms with Crippen molar-refractivity contribution < 1.29 is 0 Å². The van der Waals surface area contributed by atoms with Crippen LogP contribution < -0.4 is 5.32 Å². The third kappa shape index (κ3) is 2.81. The summed E-state index contributed by atoms with van der Waals surface area (Å²) in [7, 11) is 4.25. The Kier molecular flexibility index (Phi) is 4.22. The zero-order chi connectivity index (χ0) is 13.9. The van der Waals surface area contributed by atoms with E-state index in [0.29, 0.717) is 0 Å². The molecule has 2 aliphatic rings. The second-order valence-corrected chi connectivity index (χ2v) is 6.24. The summed E-state index contributed by atoms with van der Waals surface area (Å²) in [5.74, 6) is 1.88. The van der Waals surface area contributed by atoms with E-state index in [-0.39, 0.29) is 0 Å². The van der Waals surface area contributed by atoms with Gasteiger partial charge in [-0.25, -0.2) is 4.98 Å². The molecule has 3 rings (SSSR count). The normalized spacial score (nSPS) is 28.1. The van der Waals surface area contributed by atoms with Crippen molar-refractivity contribution >= 4 is 5.82 Å². The first-order chi connectivity index (χ1) is 9.78. The summed E-state index contributed by atoms with van der Waals surface area (Å²) >= 11 is 0. The lowest BCUT2D eigenvalue weighted by molar-refractivity contribution is 0.0355. The molecule has 2 fully saturated rings. The van der Waals surface area contributed by atoms with E-state index >= 15 is 0 Å². The number of fused-ring (bicyclic) bond motifs is 1. The fraction of sp³-hybridized carbons (Fsp3) is 0.688. The number of hydrogen-bond donors (Lipinski definition) is 1. The number of aromatic nitrogens is 1. The van der Waals surface area contributed by atoms with Crippen molar-refractivity contribution in [3.8, 4) is 0 Å². The molecule has 2 unspecified atom stereocenters. The predicted molar refractivity (Wildman–Crippen MR) is 82.8 cm³/mol. The standard InChI is InChI=1S/C16H26N4/c1-17-16-14(5-3-8-18-16)12-20-10-7-15-13(11-20)6-4-9-19(15)2/h3,5,8,13,15H,4,6-7,9-12H2,1-2H3,(H,17,18). The van der Waals surface area contributed by atoms with Crippen LogP contribution in [-0.4, -0.2) is 54.6 Å². The molecule has 110 valence electrons. The maximum Gasteiger partial charge on any atom is 0.130 e. The molecule has 0 radical (unpaired) electrons. The molecule has 2 aliphatic heterocycles. The molecule has 1 N–H and O–H groups in total. The summed E-state index contributed by atoms with van der Waals surface area (Å²) in [4.78, 5) is 9.60. The number of likely N-dealkylation sites (tertiary alicyclic amines) is 2.